The van der Waals surface area contributed by atoms with Crippen LogP contribution < -0.4 is 5.32 Å². The van der Waals surface area contributed by atoms with Crippen molar-refractivity contribution in [1.29, 1.82) is 5.41 Å². The van der Waals surface area contributed by atoms with Crippen molar-refractivity contribution >= 4 is 45.0 Å². The van der Waals surface area contributed by atoms with Crippen molar-refractivity contribution in [3.63, 3.8) is 0 Å². The number of pyridine rings is 1. The molecule has 1 fully saturated rings. The SMILES string of the molecule is COC(=O)C(=N)c1cc(C2CN(C(C)=O)C2)cnc1Nc1cccc(Br)c1. The van der Waals surface area contributed by atoms with Gasteiger partial charge < -0.3 is 15.0 Å². The van der Waals surface area contributed by atoms with E-state index in [1.165, 1.54) is 14.0 Å². The Hall–Kier alpha value is -2.74. The number of amides is 1. The van der Waals surface area contributed by atoms with Crippen LogP contribution in [0, 0.1) is 5.41 Å². The summed E-state index contributed by atoms with van der Waals surface area (Å²) in [5.41, 5.74) is 1.75. The van der Waals surface area contributed by atoms with Gasteiger partial charge in [0.15, 0.2) is 5.71 Å². The molecule has 3 rings (SSSR count). The number of nitrogens with one attached hydrogen (secondary N) is 2. The first kappa shape index (κ1) is 19.0. The van der Waals surface area contributed by atoms with Crippen LogP contribution in [0.5, 0.6) is 0 Å². The maximum atomic E-state index is 11.9. The molecule has 0 spiro atoms. The molecule has 0 unspecified atom stereocenters. The number of rotatable bonds is 5. The van der Waals surface area contributed by atoms with E-state index >= 15 is 0 Å². The number of esters is 1. The lowest BCUT2D eigenvalue weighted by Gasteiger charge is -2.39. The van der Waals surface area contributed by atoms with Crippen LogP contribution in [0.25, 0.3) is 0 Å². The van der Waals surface area contributed by atoms with E-state index in [1.807, 2.05) is 24.3 Å². The smallest absolute Gasteiger partial charge is 0.356 e. The molecule has 27 heavy (non-hydrogen) atoms. The van der Waals surface area contributed by atoms with Crippen LogP contribution in [-0.4, -0.2) is 47.7 Å². The molecular weight excluding hydrogens is 412 g/mol. The van der Waals surface area contributed by atoms with Crippen LogP contribution in [0.15, 0.2) is 41.0 Å². The lowest BCUT2D eigenvalue weighted by molar-refractivity contribution is -0.133. The minimum atomic E-state index is -0.731. The van der Waals surface area contributed by atoms with E-state index in [0.29, 0.717) is 24.5 Å². The molecule has 1 aliphatic heterocycles. The number of likely N-dealkylation sites (tertiary alicyclic amines) is 1. The van der Waals surface area contributed by atoms with Gasteiger partial charge in [0.1, 0.15) is 5.82 Å². The van der Waals surface area contributed by atoms with E-state index in [9.17, 15) is 9.59 Å². The first-order valence-corrected chi connectivity index (χ1v) is 9.13. The summed E-state index contributed by atoms with van der Waals surface area (Å²) < 4.78 is 5.60. The summed E-state index contributed by atoms with van der Waals surface area (Å²) in [4.78, 5) is 29.5. The molecule has 7 nitrogen and oxygen atoms in total. The molecule has 1 saturated heterocycles. The molecule has 0 saturated carbocycles. The number of nitrogens with zero attached hydrogens (tertiary/aromatic N) is 2. The Kier molecular flexibility index (Phi) is 5.55. The first-order chi connectivity index (χ1) is 12.9. The maximum Gasteiger partial charge on any atom is 0.356 e. The van der Waals surface area contributed by atoms with Crippen molar-refractivity contribution in [2.45, 2.75) is 12.8 Å². The van der Waals surface area contributed by atoms with Gasteiger partial charge in [-0.1, -0.05) is 22.0 Å². The van der Waals surface area contributed by atoms with Gasteiger partial charge >= 0.3 is 5.97 Å². The minimum absolute atomic E-state index is 0.0367. The second-order valence-corrected chi connectivity index (χ2v) is 7.20. The van der Waals surface area contributed by atoms with Gasteiger partial charge in [0, 0.05) is 47.9 Å². The summed E-state index contributed by atoms with van der Waals surface area (Å²) in [5.74, 6) is -0.152. The molecule has 0 atom stereocenters. The zero-order chi connectivity index (χ0) is 19.6. The number of benzene rings is 1. The molecule has 0 aliphatic carbocycles. The van der Waals surface area contributed by atoms with E-state index in [0.717, 1.165) is 15.7 Å². The summed E-state index contributed by atoms with van der Waals surface area (Å²) in [7, 11) is 1.24. The molecule has 1 amide bonds. The molecule has 0 radical (unpaired) electrons. The van der Waals surface area contributed by atoms with Crippen LogP contribution in [0.1, 0.15) is 24.0 Å². The summed E-state index contributed by atoms with van der Waals surface area (Å²) in [6.45, 7) is 2.76. The molecule has 1 aromatic carbocycles. The number of aromatic nitrogens is 1. The van der Waals surface area contributed by atoms with Gasteiger partial charge in [-0.15, -0.1) is 0 Å². The zero-order valence-electron chi connectivity index (χ0n) is 15.0. The third-order valence-corrected chi connectivity index (χ3v) is 4.95. The van der Waals surface area contributed by atoms with Crippen molar-refractivity contribution in [3.8, 4) is 0 Å². The Balaban J connectivity index is 1.91. The number of carbonyl (C=O) groups is 2. The average Bonchev–Trinajstić information content (AvgIpc) is 2.60. The van der Waals surface area contributed by atoms with E-state index in [1.54, 1.807) is 17.2 Å². The van der Waals surface area contributed by atoms with Gasteiger partial charge in [0.05, 0.1) is 7.11 Å². The van der Waals surface area contributed by atoms with Crippen LogP contribution in [0.3, 0.4) is 0 Å². The highest BCUT2D eigenvalue weighted by Gasteiger charge is 2.31. The predicted octanol–water partition coefficient (Wildman–Crippen LogP) is 3.07. The zero-order valence-corrected chi connectivity index (χ0v) is 16.5. The Morgan fingerprint density at radius 3 is 2.70 bits per heavy atom. The lowest BCUT2D eigenvalue weighted by atomic mass is 9.91. The minimum Gasteiger partial charge on any atom is -0.464 e. The molecular formula is C19H19BrN4O3. The fourth-order valence-electron chi connectivity index (χ4n) is 2.86. The van der Waals surface area contributed by atoms with E-state index in [4.69, 9.17) is 10.1 Å². The van der Waals surface area contributed by atoms with Crippen LogP contribution in [0.4, 0.5) is 11.5 Å². The average molecular weight is 431 g/mol. The number of hydrogen-bond donors (Lipinski definition) is 2. The van der Waals surface area contributed by atoms with Gasteiger partial charge in [-0.3, -0.25) is 10.2 Å². The number of hydrogen-bond acceptors (Lipinski definition) is 6. The van der Waals surface area contributed by atoms with Gasteiger partial charge in [-0.2, -0.15) is 0 Å². The fourth-order valence-corrected chi connectivity index (χ4v) is 3.26. The number of halogens is 1. The summed E-state index contributed by atoms with van der Waals surface area (Å²) in [6, 6.07) is 9.28. The third-order valence-electron chi connectivity index (χ3n) is 4.45. The third kappa shape index (κ3) is 4.16. The highest BCUT2D eigenvalue weighted by Crippen LogP contribution is 2.30. The Morgan fingerprint density at radius 2 is 2.07 bits per heavy atom. The highest BCUT2D eigenvalue weighted by molar-refractivity contribution is 9.10. The fraction of sp³-hybridized carbons (Fsp3) is 0.263. The quantitative estimate of drug-likeness (QED) is 0.561. The van der Waals surface area contributed by atoms with Crippen molar-refractivity contribution in [1.82, 2.24) is 9.88 Å². The predicted molar refractivity (Wildman–Crippen MR) is 106 cm³/mol. The molecule has 0 bridgehead atoms. The normalized spacial score (nSPS) is 13.7. The summed E-state index contributed by atoms with van der Waals surface area (Å²) in [6.07, 6.45) is 1.72. The molecule has 1 aliphatic rings. The molecule has 2 aromatic rings. The standard InChI is InChI=1S/C19H19BrN4O3/c1-11(25)24-9-13(10-24)12-6-16(17(21)19(26)27-2)18(22-8-12)23-15-5-3-4-14(20)7-15/h3-8,13,21H,9-10H2,1-2H3,(H,22,23). The summed E-state index contributed by atoms with van der Waals surface area (Å²) in [5, 5.41) is 11.3. The van der Waals surface area contributed by atoms with Crippen molar-refractivity contribution in [2.24, 2.45) is 0 Å². The topological polar surface area (TPSA) is 95.4 Å². The highest BCUT2D eigenvalue weighted by atomic mass is 79.9. The van der Waals surface area contributed by atoms with Crippen molar-refractivity contribution in [2.75, 3.05) is 25.5 Å². The van der Waals surface area contributed by atoms with Crippen molar-refractivity contribution in [3.05, 3.63) is 52.1 Å². The van der Waals surface area contributed by atoms with Crippen molar-refractivity contribution < 1.29 is 14.3 Å². The number of ether oxygens (including phenoxy) is 1. The van der Waals surface area contributed by atoms with Crippen LogP contribution in [-0.2, 0) is 14.3 Å². The largest absolute Gasteiger partial charge is 0.464 e. The van der Waals surface area contributed by atoms with Crippen LogP contribution >= 0.6 is 15.9 Å². The molecule has 140 valence electrons. The second kappa shape index (κ2) is 7.87. The molecule has 2 heterocycles. The van der Waals surface area contributed by atoms with E-state index < -0.39 is 5.97 Å². The number of methoxy groups -OCH3 is 1. The van der Waals surface area contributed by atoms with Crippen LogP contribution in [0.2, 0.25) is 0 Å². The van der Waals surface area contributed by atoms with Gasteiger partial charge in [-0.25, -0.2) is 9.78 Å². The Bertz CT molecular complexity index is 910. The maximum absolute atomic E-state index is 11.9. The molecule has 1 aromatic heterocycles. The van der Waals surface area contributed by atoms with Gasteiger partial charge in [-0.05, 0) is 29.8 Å². The first-order valence-electron chi connectivity index (χ1n) is 8.34. The number of carbonyl (C=O) groups excluding carboxylic acids is 2. The Labute approximate surface area is 165 Å². The lowest BCUT2D eigenvalue weighted by Crippen LogP contribution is -2.47. The molecule has 2 N–H and O–H groups in total. The second-order valence-electron chi connectivity index (χ2n) is 6.29. The summed E-state index contributed by atoms with van der Waals surface area (Å²) >= 11 is 3.41. The Morgan fingerprint density at radius 1 is 1.33 bits per heavy atom. The molecule has 8 heteroatoms. The van der Waals surface area contributed by atoms with Gasteiger partial charge in [0.2, 0.25) is 5.91 Å². The number of anilines is 2. The van der Waals surface area contributed by atoms with E-state index in [-0.39, 0.29) is 17.5 Å². The monoisotopic (exact) mass is 430 g/mol. The van der Waals surface area contributed by atoms with E-state index in [2.05, 4.69) is 26.2 Å². The van der Waals surface area contributed by atoms with Gasteiger partial charge in [0.25, 0.3) is 0 Å².